The zero-order valence-corrected chi connectivity index (χ0v) is 11.3. The summed E-state index contributed by atoms with van der Waals surface area (Å²) in [6, 6.07) is 7.85. The van der Waals surface area contributed by atoms with Gasteiger partial charge in [-0.2, -0.15) is 0 Å². The lowest BCUT2D eigenvalue weighted by atomic mass is 10.1. The molecule has 1 heterocycles. The number of carbonyl (C=O) groups is 1. The first-order valence-corrected chi connectivity index (χ1v) is 6.07. The van der Waals surface area contributed by atoms with Gasteiger partial charge in [-0.25, -0.2) is 4.79 Å². The summed E-state index contributed by atoms with van der Waals surface area (Å²) < 4.78 is 9.92. The monoisotopic (exact) mass is 259 g/mol. The summed E-state index contributed by atoms with van der Waals surface area (Å²) in [5.41, 5.74) is 3.95. The molecule has 4 nitrogen and oxygen atoms in total. The summed E-state index contributed by atoms with van der Waals surface area (Å²) in [7, 11) is 1.35. The molecule has 1 aromatic heterocycles. The van der Waals surface area contributed by atoms with Crippen molar-refractivity contribution in [3.05, 3.63) is 53.0 Å². The molecule has 19 heavy (non-hydrogen) atoms. The van der Waals surface area contributed by atoms with Gasteiger partial charge in [0.05, 0.1) is 19.2 Å². The first kappa shape index (κ1) is 13.2. The third kappa shape index (κ3) is 3.16. The van der Waals surface area contributed by atoms with Crippen molar-refractivity contribution in [1.82, 2.24) is 0 Å². The molecule has 1 aromatic carbocycles. The van der Waals surface area contributed by atoms with Crippen molar-refractivity contribution >= 4 is 11.7 Å². The van der Waals surface area contributed by atoms with Gasteiger partial charge < -0.3 is 14.5 Å². The lowest BCUT2D eigenvalue weighted by molar-refractivity contribution is 0.0600. The van der Waals surface area contributed by atoms with Crippen LogP contribution in [0.3, 0.4) is 0 Å². The Morgan fingerprint density at radius 2 is 2.05 bits per heavy atom. The van der Waals surface area contributed by atoms with Gasteiger partial charge in [-0.3, -0.25) is 0 Å². The first-order chi connectivity index (χ1) is 9.10. The highest BCUT2D eigenvalue weighted by Crippen LogP contribution is 2.16. The zero-order chi connectivity index (χ0) is 13.8. The molecule has 2 rings (SSSR count). The van der Waals surface area contributed by atoms with Crippen LogP contribution in [-0.4, -0.2) is 13.1 Å². The summed E-state index contributed by atoms with van der Waals surface area (Å²) in [4.78, 5) is 11.3. The normalized spacial score (nSPS) is 10.3. The molecule has 0 saturated carbocycles. The van der Waals surface area contributed by atoms with E-state index in [1.54, 1.807) is 6.07 Å². The average molecular weight is 259 g/mol. The van der Waals surface area contributed by atoms with Crippen LogP contribution >= 0.6 is 0 Å². The fourth-order valence-electron chi connectivity index (χ4n) is 1.74. The number of ether oxygens (including phenoxy) is 1. The summed E-state index contributed by atoms with van der Waals surface area (Å²) in [6.07, 6.45) is 1.41. The van der Waals surface area contributed by atoms with Gasteiger partial charge in [-0.15, -0.1) is 0 Å². The Morgan fingerprint density at radius 1 is 1.26 bits per heavy atom. The molecule has 1 N–H and O–H groups in total. The molecular formula is C15H17NO3. The van der Waals surface area contributed by atoms with E-state index in [1.807, 2.05) is 6.07 Å². The summed E-state index contributed by atoms with van der Waals surface area (Å²) >= 11 is 0. The van der Waals surface area contributed by atoms with Crippen LogP contribution in [0, 0.1) is 13.8 Å². The van der Waals surface area contributed by atoms with Crippen molar-refractivity contribution in [3.63, 3.8) is 0 Å². The Balaban J connectivity index is 2.00. The predicted molar refractivity (Wildman–Crippen MR) is 73.3 cm³/mol. The lowest BCUT2D eigenvalue weighted by Gasteiger charge is -2.07. The third-order valence-corrected chi connectivity index (χ3v) is 3.05. The molecule has 4 heteroatoms. The van der Waals surface area contributed by atoms with E-state index in [-0.39, 0.29) is 5.97 Å². The number of carbonyl (C=O) groups excluding carboxylic acids is 1. The van der Waals surface area contributed by atoms with Gasteiger partial charge in [-0.1, -0.05) is 6.07 Å². The summed E-state index contributed by atoms with van der Waals surface area (Å²) in [5.74, 6) is 0.305. The number of furan rings is 1. The van der Waals surface area contributed by atoms with Crippen LogP contribution in [0.5, 0.6) is 0 Å². The topological polar surface area (TPSA) is 51.5 Å². The molecule has 0 fully saturated rings. The number of methoxy groups -OCH3 is 1. The minimum Gasteiger partial charge on any atom is -0.467 e. The highest BCUT2D eigenvalue weighted by atomic mass is 16.5. The molecule has 0 amide bonds. The fraction of sp³-hybridized carbons (Fsp3) is 0.267. The van der Waals surface area contributed by atoms with E-state index >= 15 is 0 Å². The van der Waals surface area contributed by atoms with Crippen LogP contribution < -0.4 is 5.32 Å². The molecule has 0 bridgehead atoms. The van der Waals surface area contributed by atoms with E-state index in [2.05, 4.69) is 36.0 Å². The molecule has 2 aromatic rings. The predicted octanol–water partition coefficient (Wildman–Crippen LogP) is 3.30. The van der Waals surface area contributed by atoms with E-state index < -0.39 is 0 Å². The maximum Gasteiger partial charge on any atom is 0.341 e. The second kappa shape index (κ2) is 5.61. The molecule has 0 aliphatic heterocycles. The van der Waals surface area contributed by atoms with Gasteiger partial charge in [0.15, 0.2) is 0 Å². The number of nitrogens with one attached hydrogen (secondary N) is 1. The molecule has 0 saturated heterocycles. The van der Waals surface area contributed by atoms with E-state index in [0.717, 1.165) is 5.69 Å². The van der Waals surface area contributed by atoms with Crippen molar-refractivity contribution in [2.24, 2.45) is 0 Å². The Kier molecular flexibility index (Phi) is 3.90. The molecule has 0 spiro atoms. The Hall–Kier alpha value is -2.23. The van der Waals surface area contributed by atoms with Crippen molar-refractivity contribution < 1.29 is 13.9 Å². The zero-order valence-electron chi connectivity index (χ0n) is 11.3. The maximum atomic E-state index is 11.3. The van der Waals surface area contributed by atoms with Gasteiger partial charge in [0.25, 0.3) is 0 Å². The number of benzene rings is 1. The molecule has 0 atom stereocenters. The average Bonchev–Trinajstić information content (AvgIpc) is 2.88. The van der Waals surface area contributed by atoms with Gasteiger partial charge >= 0.3 is 5.97 Å². The quantitative estimate of drug-likeness (QED) is 0.856. The molecule has 0 aliphatic rings. The van der Waals surface area contributed by atoms with Crippen molar-refractivity contribution in [1.29, 1.82) is 0 Å². The van der Waals surface area contributed by atoms with Gasteiger partial charge in [-0.05, 0) is 43.2 Å². The van der Waals surface area contributed by atoms with Crippen molar-refractivity contribution in [2.45, 2.75) is 20.4 Å². The number of esters is 1. The van der Waals surface area contributed by atoms with Crippen molar-refractivity contribution in [3.8, 4) is 0 Å². The number of hydrogen-bond acceptors (Lipinski definition) is 4. The van der Waals surface area contributed by atoms with Gasteiger partial charge in [0, 0.05) is 5.69 Å². The third-order valence-electron chi connectivity index (χ3n) is 3.05. The van der Waals surface area contributed by atoms with Crippen LogP contribution in [0.2, 0.25) is 0 Å². The minimum absolute atomic E-state index is 0.388. The lowest BCUT2D eigenvalue weighted by Crippen LogP contribution is -2.00. The van der Waals surface area contributed by atoms with Crippen LogP contribution in [0.4, 0.5) is 5.69 Å². The number of aryl methyl sites for hydroxylation is 2. The van der Waals surface area contributed by atoms with Gasteiger partial charge in [0.1, 0.15) is 12.0 Å². The first-order valence-electron chi connectivity index (χ1n) is 6.07. The standard InChI is InChI=1S/C15H17NO3/c1-10-4-5-13(6-11(10)2)16-8-14-7-12(9-19-14)15(17)18-3/h4-7,9,16H,8H2,1-3H3. The van der Waals surface area contributed by atoms with Gasteiger partial charge in [0.2, 0.25) is 0 Å². The van der Waals surface area contributed by atoms with E-state index in [9.17, 15) is 4.79 Å². The highest BCUT2D eigenvalue weighted by Gasteiger charge is 2.09. The molecule has 0 unspecified atom stereocenters. The minimum atomic E-state index is -0.388. The van der Waals surface area contributed by atoms with E-state index in [1.165, 1.54) is 24.5 Å². The number of rotatable bonds is 4. The maximum absolute atomic E-state index is 11.3. The van der Waals surface area contributed by atoms with Crippen LogP contribution in [0.1, 0.15) is 27.2 Å². The van der Waals surface area contributed by atoms with E-state index in [0.29, 0.717) is 17.9 Å². The van der Waals surface area contributed by atoms with Crippen LogP contribution in [-0.2, 0) is 11.3 Å². The smallest absolute Gasteiger partial charge is 0.341 e. The van der Waals surface area contributed by atoms with E-state index in [4.69, 9.17) is 4.42 Å². The Labute approximate surface area is 112 Å². The number of anilines is 1. The number of hydrogen-bond donors (Lipinski definition) is 1. The molecule has 100 valence electrons. The molecular weight excluding hydrogens is 242 g/mol. The van der Waals surface area contributed by atoms with Crippen LogP contribution in [0.15, 0.2) is 34.9 Å². The second-order valence-electron chi connectivity index (χ2n) is 4.45. The Bertz CT molecular complexity index is 587. The highest BCUT2D eigenvalue weighted by molar-refractivity contribution is 5.88. The molecule has 0 radical (unpaired) electrons. The summed E-state index contributed by atoms with van der Waals surface area (Å²) in [6.45, 7) is 4.68. The Morgan fingerprint density at radius 3 is 2.74 bits per heavy atom. The SMILES string of the molecule is COC(=O)c1coc(CNc2ccc(C)c(C)c2)c1. The fourth-order valence-corrected chi connectivity index (χ4v) is 1.74. The largest absolute Gasteiger partial charge is 0.467 e. The van der Waals surface area contributed by atoms with Crippen LogP contribution in [0.25, 0.3) is 0 Å². The molecule has 0 aliphatic carbocycles. The second-order valence-corrected chi connectivity index (χ2v) is 4.45. The van der Waals surface area contributed by atoms with Crippen molar-refractivity contribution in [2.75, 3.05) is 12.4 Å². The summed E-state index contributed by atoms with van der Waals surface area (Å²) in [5, 5.41) is 3.25.